The first-order valence-electron chi connectivity index (χ1n) is 11.0. The molecule has 4 aliphatic rings. The normalized spacial score (nSPS) is 32.1. The third-order valence-corrected chi connectivity index (χ3v) is 7.36. The van der Waals surface area contributed by atoms with Crippen molar-refractivity contribution in [2.75, 3.05) is 39.3 Å². The van der Waals surface area contributed by atoms with Gasteiger partial charge in [0.15, 0.2) is 5.96 Å². The van der Waals surface area contributed by atoms with Gasteiger partial charge in [0.2, 0.25) is 0 Å². The number of ether oxygens (including phenoxy) is 1. The molecule has 0 aromatic carbocycles. The van der Waals surface area contributed by atoms with Gasteiger partial charge in [-0.1, -0.05) is 11.6 Å². The molecule has 4 fully saturated rings. The molecule has 1 N–H and O–H groups in total. The summed E-state index contributed by atoms with van der Waals surface area (Å²) >= 11 is 0. The zero-order valence-electron chi connectivity index (χ0n) is 17.2. The van der Waals surface area contributed by atoms with Gasteiger partial charge in [-0.05, 0) is 33.1 Å². The number of guanidine groups is 1. The number of fused-ring (bicyclic) bond motifs is 2. The number of hydrogen-bond acceptors (Lipinski definition) is 5. The Morgan fingerprint density at radius 3 is 2.79 bits per heavy atom. The van der Waals surface area contributed by atoms with Crippen molar-refractivity contribution in [3.05, 3.63) is 17.5 Å². The SMILES string of the molecule is CCN=C(NC1C2CCOC2C12CCC2)N1CCN(Cc2cc(C)on2)CC1. The molecule has 1 spiro atoms. The van der Waals surface area contributed by atoms with Crippen molar-refractivity contribution >= 4 is 5.96 Å². The van der Waals surface area contributed by atoms with Crippen LogP contribution in [0.4, 0.5) is 0 Å². The Balaban J connectivity index is 1.20. The van der Waals surface area contributed by atoms with E-state index in [0.717, 1.165) is 63.3 Å². The van der Waals surface area contributed by atoms with Gasteiger partial charge in [-0.25, -0.2) is 0 Å². The fourth-order valence-corrected chi connectivity index (χ4v) is 5.82. The van der Waals surface area contributed by atoms with Crippen LogP contribution >= 0.6 is 0 Å². The molecule has 2 saturated carbocycles. The van der Waals surface area contributed by atoms with Crippen LogP contribution in [0.2, 0.25) is 0 Å². The van der Waals surface area contributed by atoms with Gasteiger partial charge in [0.05, 0.1) is 11.8 Å². The maximum absolute atomic E-state index is 6.09. The first-order chi connectivity index (χ1) is 13.7. The van der Waals surface area contributed by atoms with Gasteiger partial charge in [-0.15, -0.1) is 0 Å². The lowest BCUT2D eigenvalue weighted by Gasteiger charge is -2.63. The minimum absolute atomic E-state index is 0.391. The van der Waals surface area contributed by atoms with Crippen LogP contribution in [0, 0.1) is 18.3 Å². The molecule has 0 bridgehead atoms. The second kappa shape index (κ2) is 7.34. The summed E-state index contributed by atoms with van der Waals surface area (Å²) in [4.78, 5) is 9.77. The van der Waals surface area contributed by atoms with E-state index < -0.39 is 0 Å². The second-order valence-corrected chi connectivity index (χ2v) is 8.94. The lowest BCUT2D eigenvalue weighted by Crippen LogP contribution is -2.73. The Labute approximate surface area is 167 Å². The van der Waals surface area contributed by atoms with Crippen LogP contribution in [0.5, 0.6) is 0 Å². The summed E-state index contributed by atoms with van der Waals surface area (Å²) < 4.78 is 11.3. The molecule has 0 radical (unpaired) electrons. The molecule has 2 aliphatic heterocycles. The summed E-state index contributed by atoms with van der Waals surface area (Å²) in [6, 6.07) is 2.59. The summed E-state index contributed by atoms with van der Waals surface area (Å²) in [6.07, 6.45) is 5.69. The van der Waals surface area contributed by atoms with E-state index in [1.807, 2.05) is 13.0 Å². The number of nitrogens with one attached hydrogen (secondary N) is 1. The van der Waals surface area contributed by atoms with Crippen molar-refractivity contribution in [1.82, 2.24) is 20.3 Å². The van der Waals surface area contributed by atoms with Gasteiger partial charge in [0.1, 0.15) is 5.76 Å². The van der Waals surface area contributed by atoms with E-state index in [1.165, 1.54) is 25.7 Å². The third-order valence-electron chi connectivity index (χ3n) is 7.36. The summed E-state index contributed by atoms with van der Waals surface area (Å²) in [6.45, 7) is 10.8. The van der Waals surface area contributed by atoms with Crippen molar-refractivity contribution in [2.24, 2.45) is 16.3 Å². The number of rotatable bonds is 4. The van der Waals surface area contributed by atoms with Crippen LogP contribution < -0.4 is 5.32 Å². The first-order valence-corrected chi connectivity index (χ1v) is 11.0. The van der Waals surface area contributed by atoms with Crippen LogP contribution in [0.3, 0.4) is 0 Å². The Bertz CT molecular complexity index is 720. The standard InChI is InChI=1S/C21H33N5O2/c1-3-22-20(23-18-17-5-12-27-19(17)21(18)6-4-7-21)26-10-8-25(9-11-26)14-16-13-15(2)28-24-16/h13,17-19H,3-12,14H2,1-2H3,(H,22,23). The number of aryl methyl sites for hydroxylation is 1. The lowest BCUT2D eigenvalue weighted by molar-refractivity contribution is -0.171. The topological polar surface area (TPSA) is 66.1 Å². The molecular formula is C21H33N5O2. The Kier molecular flexibility index (Phi) is 4.83. The van der Waals surface area contributed by atoms with Crippen LogP contribution in [0.25, 0.3) is 0 Å². The van der Waals surface area contributed by atoms with Gasteiger partial charge in [-0.2, -0.15) is 0 Å². The van der Waals surface area contributed by atoms with E-state index >= 15 is 0 Å². The van der Waals surface area contributed by atoms with Crippen molar-refractivity contribution in [3.63, 3.8) is 0 Å². The molecule has 2 aliphatic carbocycles. The zero-order chi connectivity index (χ0) is 19.1. The zero-order valence-corrected chi connectivity index (χ0v) is 17.2. The number of hydrogen-bond donors (Lipinski definition) is 1. The van der Waals surface area contributed by atoms with Crippen LogP contribution in [0.1, 0.15) is 44.1 Å². The van der Waals surface area contributed by atoms with E-state index in [9.17, 15) is 0 Å². The highest BCUT2D eigenvalue weighted by molar-refractivity contribution is 5.81. The predicted octanol–water partition coefficient (Wildman–Crippen LogP) is 2.02. The minimum Gasteiger partial charge on any atom is -0.377 e. The highest BCUT2D eigenvalue weighted by Gasteiger charge is 2.66. The maximum Gasteiger partial charge on any atom is 0.194 e. The fraction of sp³-hybridized carbons (Fsp3) is 0.810. The van der Waals surface area contributed by atoms with E-state index in [1.54, 1.807) is 0 Å². The fourth-order valence-electron chi connectivity index (χ4n) is 5.82. The van der Waals surface area contributed by atoms with Gasteiger partial charge in [0, 0.05) is 69.3 Å². The molecule has 0 amide bonds. The van der Waals surface area contributed by atoms with E-state index in [2.05, 4.69) is 27.2 Å². The van der Waals surface area contributed by atoms with Crippen molar-refractivity contribution < 1.29 is 9.26 Å². The van der Waals surface area contributed by atoms with E-state index in [-0.39, 0.29) is 0 Å². The summed E-state index contributed by atoms with van der Waals surface area (Å²) in [7, 11) is 0. The van der Waals surface area contributed by atoms with Gasteiger partial charge < -0.3 is 19.5 Å². The molecule has 154 valence electrons. The Morgan fingerprint density at radius 1 is 1.32 bits per heavy atom. The lowest BCUT2D eigenvalue weighted by atomic mass is 9.46. The highest BCUT2D eigenvalue weighted by Crippen LogP contribution is 2.62. The largest absolute Gasteiger partial charge is 0.377 e. The van der Waals surface area contributed by atoms with Gasteiger partial charge in [-0.3, -0.25) is 9.89 Å². The highest BCUT2D eigenvalue weighted by atomic mass is 16.5. The number of nitrogens with zero attached hydrogens (tertiary/aromatic N) is 4. The summed E-state index contributed by atoms with van der Waals surface area (Å²) in [5, 5.41) is 8.04. The molecule has 28 heavy (non-hydrogen) atoms. The van der Waals surface area contributed by atoms with Crippen molar-refractivity contribution in [2.45, 2.75) is 58.2 Å². The maximum atomic E-state index is 6.09. The molecule has 1 aromatic rings. The molecular weight excluding hydrogens is 354 g/mol. The van der Waals surface area contributed by atoms with Gasteiger partial charge in [0.25, 0.3) is 0 Å². The minimum atomic E-state index is 0.391. The molecule has 2 saturated heterocycles. The van der Waals surface area contributed by atoms with Crippen LogP contribution in [0.15, 0.2) is 15.6 Å². The molecule has 3 atom stereocenters. The average Bonchev–Trinajstić information content (AvgIpc) is 3.25. The molecule has 1 aromatic heterocycles. The average molecular weight is 388 g/mol. The molecule has 7 nitrogen and oxygen atoms in total. The molecule has 3 heterocycles. The second-order valence-electron chi connectivity index (χ2n) is 8.94. The van der Waals surface area contributed by atoms with E-state index in [4.69, 9.17) is 14.3 Å². The van der Waals surface area contributed by atoms with Crippen molar-refractivity contribution in [1.29, 1.82) is 0 Å². The van der Waals surface area contributed by atoms with E-state index in [0.29, 0.717) is 23.5 Å². The first kappa shape index (κ1) is 18.4. The Morgan fingerprint density at radius 2 is 2.14 bits per heavy atom. The predicted molar refractivity (Wildman–Crippen MR) is 107 cm³/mol. The van der Waals surface area contributed by atoms with Crippen LogP contribution in [-0.2, 0) is 11.3 Å². The van der Waals surface area contributed by atoms with Crippen LogP contribution in [-0.4, -0.2) is 72.4 Å². The summed E-state index contributed by atoms with van der Waals surface area (Å²) in [5.41, 5.74) is 1.42. The number of piperazine rings is 1. The third kappa shape index (κ3) is 3.03. The smallest absolute Gasteiger partial charge is 0.194 e. The molecule has 7 heteroatoms. The monoisotopic (exact) mass is 387 g/mol. The molecule has 5 rings (SSSR count). The number of aromatic nitrogens is 1. The number of aliphatic imine (C=N–C) groups is 1. The molecule has 3 unspecified atom stereocenters. The quantitative estimate of drug-likeness (QED) is 0.630. The van der Waals surface area contributed by atoms with Gasteiger partial charge >= 0.3 is 0 Å². The Hall–Kier alpha value is -1.60. The summed E-state index contributed by atoms with van der Waals surface area (Å²) in [5.74, 6) is 2.68. The van der Waals surface area contributed by atoms with Crippen molar-refractivity contribution in [3.8, 4) is 0 Å².